The third kappa shape index (κ3) is 4.02. The fourth-order valence-electron chi connectivity index (χ4n) is 3.05. The van der Waals surface area contributed by atoms with Crippen molar-refractivity contribution in [2.75, 3.05) is 32.6 Å². The maximum absolute atomic E-state index is 12.5. The van der Waals surface area contributed by atoms with Crippen molar-refractivity contribution in [3.05, 3.63) is 48.3 Å². The van der Waals surface area contributed by atoms with E-state index in [1.165, 1.54) is 0 Å². The van der Waals surface area contributed by atoms with Crippen LogP contribution in [0.5, 0.6) is 11.5 Å². The normalized spacial score (nSPS) is 14.9. The summed E-state index contributed by atoms with van der Waals surface area (Å²) in [6.45, 7) is 1.45. The van der Waals surface area contributed by atoms with Crippen molar-refractivity contribution in [2.45, 2.75) is 18.9 Å². The van der Waals surface area contributed by atoms with Gasteiger partial charge < -0.3 is 19.7 Å². The molecule has 0 atom stereocenters. The fourth-order valence-corrected chi connectivity index (χ4v) is 3.05. The van der Waals surface area contributed by atoms with Crippen molar-refractivity contribution in [1.82, 2.24) is 9.88 Å². The van der Waals surface area contributed by atoms with Gasteiger partial charge in [-0.1, -0.05) is 0 Å². The van der Waals surface area contributed by atoms with E-state index in [1.807, 2.05) is 23.1 Å². The summed E-state index contributed by atoms with van der Waals surface area (Å²) in [5.74, 6) is 1.64. The average molecular weight is 341 g/mol. The van der Waals surface area contributed by atoms with Gasteiger partial charge in [0.15, 0.2) is 0 Å². The van der Waals surface area contributed by atoms with E-state index in [2.05, 4.69) is 10.3 Å². The lowest BCUT2D eigenvalue weighted by Crippen LogP contribution is -2.42. The molecular weight excluding hydrogens is 318 g/mol. The predicted molar refractivity (Wildman–Crippen MR) is 96.3 cm³/mol. The molecule has 1 saturated heterocycles. The number of aromatic nitrogens is 1. The van der Waals surface area contributed by atoms with Crippen LogP contribution < -0.4 is 14.8 Å². The van der Waals surface area contributed by atoms with E-state index in [9.17, 15) is 4.79 Å². The number of anilines is 1. The van der Waals surface area contributed by atoms with Gasteiger partial charge in [0.05, 0.1) is 19.9 Å². The monoisotopic (exact) mass is 341 g/mol. The summed E-state index contributed by atoms with van der Waals surface area (Å²) < 4.78 is 10.7. The molecule has 1 aliphatic rings. The van der Waals surface area contributed by atoms with Gasteiger partial charge in [-0.15, -0.1) is 0 Å². The molecule has 0 bridgehead atoms. The fraction of sp³-hybridized carbons (Fsp3) is 0.368. The van der Waals surface area contributed by atoms with E-state index in [0.717, 1.165) is 43.1 Å². The van der Waals surface area contributed by atoms with Gasteiger partial charge in [0.1, 0.15) is 11.5 Å². The number of carbonyl (C=O) groups excluding carboxylic acids is 1. The van der Waals surface area contributed by atoms with Crippen LogP contribution >= 0.6 is 0 Å². The molecule has 1 N–H and O–H groups in total. The Morgan fingerprint density at radius 1 is 1.12 bits per heavy atom. The molecule has 1 aromatic heterocycles. The lowest BCUT2D eigenvalue weighted by Gasteiger charge is -2.33. The number of hydrogen-bond donors (Lipinski definition) is 1. The van der Waals surface area contributed by atoms with Gasteiger partial charge in [0.2, 0.25) is 0 Å². The highest BCUT2D eigenvalue weighted by atomic mass is 16.5. The summed E-state index contributed by atoms with van der Waals surface area (Å²) in [6.07, 6.45) is 5.07. The molecule has 0 saturated carbocycles. The molecule has 0 aliphatic carbocycles. The molecule has 0 radical (unpaired) electrons. The van der Waals surface area contributed by atoms with Gasteiger partial charge in [0, 0.05) is 43.2 Å². The van der Waals surface area contributed by atoms with E-state index in [0.29, 0.717) is 11.6 Å². The number of benzene rings is 1. The van der Waals surface area contributed by atoms with Crippen LogP contribution in [0.4, 0.5) is 5.69 Å². The quantitative estimate of drug-likeness (QED) is 0.906. The van der Waals surface area contributed by atoms with Crippen LogP contribution in [0, 0.1) is 0 Å². The Morgan fingerprint density at radius 2 is 1.84 bits per heavy atom. The minimum absolute atomic E-state index is 0.0693. The number of amides is 1. The first-order valence-corrected chi connectivity index (χ1v) is 8.39. The lowest BCUT2D eigenvalue weighted by atomic mass is 10.0. The molecule has 1 aliphatic heterocycles. The highest BCUT2D eigenvalue weighted by Crippen LogP contribution is 2.30. The molecule has 132 valence electrons. The number of rotatable bonds is 5. The zero-order valence-electron chi connectivity index (χ0n) is 14.6. The number of hydrogen-bond acceptors (Lipinski definition) is 5. The Labute approximate surface area is 147 Å². The van der Waals surface area contributed by atoms with Gasteiger partial charge >= 0.3 is 0 Å². The van der Waals surface area contributed by atoms with Crippen LogP contribution in [-0.4, -0.2) is 49.1 Å². The predicted octanol–water partition coefficient (Wildman–Crippen LogP) is 2.82. The molecule has 2 aromatic rings. The number of nitrogens with zero attached hydrogens (tertiary/aromatic N) is 2. The van der Waals surface area contributed by atoms with E-state index < -0.39 is 0 Å². The second kappa shape index (κ2) is 7.88. The summed E-state index contributed by atoms with van der Waals surface area (Å²) >= 11 is 0. The Bertz CT molecular complexity index is 713. The number of likely N-dealkylation sites (tertiary alicyclic amines) is 1. The zero-order chi connectivity index (χ0) is 17.6. The van der Waals surface area contributed by atoms with E-state index in [1.54, 1.807) is 38.7 Å². The maximum Gasteiger partial charge on any atom is 0.253 e. The third-order valence-electron chi connectivity index (χ3n) is 4.48. The van der Waals surface area contributed by atoms with Crippen LogP contribution in [0.3, 0.4) is 0 Å². The second-order valence-electron chi connectivity index (χ2n) is 6.01. The van der Waals surface area contributed by atoms with Crippen LogP contribution in [0.25, 0.3) is 0 Å². The minimum atomic E-state index is 0.0693. The molecule has 6 nitrogen and oxygen atoms in total. The first-order valence-electron chi connectivity index (χ1n) is 8.39. The molecular formula is C19H23N3O3. The molecule has 0 unspecified atom stereocenters. The summed E-state index contributed by atoms with van der Waals surface area (Å²) in [7, 11) is 3.30. The Hall–Kier alpha value is -2.76. The minimum Gasteiger partial charge on any atom is -0.497 e. The Morgan fingerprint density at radius 3 is 2.48 bits per heavy atom. The van der Waals surface area contributed by atoms with Crippen LogP contribution in [-0.2, 0) is 0 Å². The van der Waals surface area contributed by atoms with E-state index >= 15 is 0 Å². The second-order valence-corrected chi connectivity index (χ2v) is 6.01. The van der Waals surface area contributed by atoms with Crippen LogP contribution in [0.1, 0.15) is 23.2 Å². The Balaban J connectivity index is 1.60. The maximum atomic E-state index is 12.5. The molecule has 6 heteroatoms. The number of ether oxygens (including phenoxy) is 2. The van der Waals surface area contributed by atoms with Gasteiger partial charge in [0.25, 0.3) is 5.91 Å². The largest absolute Gasteiger partial charge is 0.497 e. The van der Waals surface area contributed by atoms with Crippen molar-refractivity contribution in [2.24, 2.45) is 0 Å². The van der Waals surface area contributed by atoms with Crippen molar-refractivity contribution in [1.29, 1.82) is 0 Å². The molecule has 1 amide bonds. The zero-order valence-corrected chi connectivity index (χ0v) is 14.6. The number of pyridine rings is 1. The first-order chi connectivity index (χ1) is 12.2. The SMILES string of the molecule is COc1ccc(OC)c(NC2CCN(C(=O)c3ccncc3)CC2)c1. The number of nitrogens with one attached hydrogen (secondary N) is 1. The standard InChI is InChI=1S/C19H23N3O3/c1-24-16-3-4-18(25-2)17(13-16)21-15-7-11-22(12-8-15)19(23)14-5-9-20-10-6-14/h3-6,9-10,13,15,21H,7-8,11-12H2,1-2H3. The summed E-state index contributed by atoms with van der Waals surface area (Å²) in [5.41, 5.74) is 1.61. The smallest absolute Gasteiger partial charge is 0.253 e. The highest BCUT2D eigenvalue weighted by molar-refractivity contribution is 5.94. The van der Waals surface area contributed by atoms with Crippen molar-refractivity contribution < 1.29 is 14.3 Å². The molecule has 25 heavy (non-hydrogen) atoms. The summed E-state index contributed by atoms with van der Waals surface area (Å²) in [5, 5.41) is 3.52. The van der Waals surface area contributed by atoms with Gasteiger partial charge in [-0.2, -0.15) is 0 Å². The molecule has 0 spiro atoms. The average Bonchev–Trinajstić information content (AvgIpc) is 2.68. The topological polar surface area (TPSA) is 63.7 Å². The van der Waals surface area contributed by atoms with Gasteiger partial charge in [-0.05, 0) is 37.1 Å². The summed E-state index contributed by atoms with van der Waals surface area (Å²) in [4.78, 5) is 18.3. The highest BCUT2D eigenvalue weighted by Gasteiger charge is 2.24. The molecule has 3 rings (SSSR count). The molecule has 1 fully saturated rings. The van der Waals surface area contributed by atoms with Gasteiger partial charge in [-0.25, -0.2) is 0 Å². The van der Waals surface area contributed by atoms with Crippen molar-refractivity contribution in [3.8, 4) is 11.5 Å². The van der Waals surface area contributed by atoms with Crippen LogP contribution in [0.15, 0.2) is 42.7 Å². The van der Waals surface area contributed by atoms with Gasteiger partial charge in [-0.3, -0.25) is 9.78 Å². The van der Waals surface area contributed by atoms with Crippen LogP contribution in [0.2, 0.25) is 0 Å². The number of carbonyl (C=O) groups is 1. The molecule has 2 heterocycles. The van der Waals surface area contributed by atoms with Crippen molar-refractivity contribution in [3.63, 3.8) is 0 Å². The Kier molecular flexibility index (Phi) is 5.38. The number of methoxy groups -OCH3 is 2. The van der Waals surface area contributed by atoms with E-state index in [4.69, 9.17) is 9.47 Å². The number of piperidine rings is 1. The summed E-state index contributed by atoms with van der Waals surface area (Å²) in [6, 6.07) is 9.51. The lowest BCUT2D eigenvalue weighted by molar-refractivity contribution is 0.0718. The first kappa shape index (κ1) is 17.1. The molecule has 1 aromatic carbocycles. The van der Waals surface area contributed by atoms with Crippen molar-refractivity contribution >= 4 is 11.6 Å². The van der Waals surface area contributed by atoms with E-state index in [-0.39, 0.29) is 5.91 Å². The third-order valence-corrected chi connectivity index (χ3v) is 4.48.